The summed E-state index contributed by atoms with van der Waals surface area (Å²) in [7, 11) is 0. The van der Waals surface area contributed by atoms with Crippen LogP contribution in [0.15, 0.2) is 12.2 Å². The van der Waals surface area contributed by atoms with Gasteiger partial charge in [0.1, 0.15) is 24.4 Å². The van der Waals surface area contributed by atoms with Crippen molar-refractivity contribution in [2.24, 2.45) is 0 Å². The van der Waals surface area contributed by atoms with E-state index in [1.165, 1.54) is 70.6 Å². The van der Waals surface area contributed by atoms with Gasteiger partial charge in [-0.1, -0.05) is 70.4 Å². The zero-order valence-corrected chi connectivity index (χ0v) is 17.9. The fraction of sp³-hybridized carbons (Fsp3) is 0.913. The minimum absolute atomic E-state index is 0.0413. The second kappa shape index (κ2) is 17.4. The molecule has 5 nitrogen and oxygen atoms in total. The van der Waals surface area contributed by atoms with Crippen molar-refractivity contribution in [2.75, 3.05) is 19.8 Å². The maximum absolute atomic E-state index is 9.82. The highest BCUT2D eigenvalue weighted by atomic mass is 16.6. The van der Waals surface area contributed by atoms with Crippen molar-refractivity contribution in [3.8, 4) is 0 Å². The van der Waals surface area contributed by atoms with E-state index < -0.39 is 24.4 Å². The topological polar surface area (TPSA) is 79.2 Å². The normalized spacial score (nSPS) is 25.6. The summed E-state index contributed by atoms with van der Waals surface area (Å²) < 4.78 is 10.9. The monoisotopic (exact) mass is 400 g/mol. The second-order valence-corrected chi connectivity index (χ2v) is 8.08. The van der Waals surface area contributed by atoms with E-state index in [0.717, 1.165) is 12.8 Å². The van der Waals surface area contributed by atoms with E-state index in [-0.39, 0.29) is 13.2 Å². The van der Waals surface area contributed by atoms with Crippen molar-refractivity contribution in [2.45, 2.75) is 115 Å². The highest BCUT2D eigenvalue weighted by Crippen LogP contribution is 2.16. The predicted molar refractivity (Wildman–Crippen MR) is 113 cm³/mol. The Bertz CT molecular complexity index is 374. The Labute approximate surface area is 172 Å². The lowest BCUT2D eigenvalue weighted by atomic mass is 10.0. The summed E-state index contributed by atoms with van der Waals surface area (Å²) in [6.45, 7) is 3.20. The zero-order valence-electron chi connectivity index (χ0n) is 17.9. The SMILES string of the molecule is CCCCCCCC/C=C/CCCCCCCOC[C@@H]1OC[C@@H](O)[C@H](O)[C@H]1O. The number of rotatable bonds is 17. The molecule has 3 N–H and O–H groups in total. The number of hydrogen-bond donors (Lipinski definition) is 3. The molecule has 0 radical (unpaired) electrons. The van der Waals surface area contributed by atoms with Crippen LogP contribution in [0.4, 0.5) is 0 Å². The van der Waals surface area contributed by atoms with Crippen molar-refractivity contribution in [3.05, 3.63) is 12.2 Å². The molecule has 1 heterocycles. The lowest BCUT2D eigenvalue weighted by Crippen LogP contribution is -2.54. The molecule has 5 heteroatoms. The first-order valence-electron chi connectivity index (χ1n) is 11.5. The Morgan fingerprint density at radius 3 is 2.00 bits per heavy atom. The maximum atomic E-state index is 9.82. The van der Waals surface area contributed by atoms with Crippen molar-refractivity contribution < 1.29 is 24.8 Å². The summed E-state index contributed by atoms with van der Waals surface area (Å²) in [5.41, 5.74) is 0. The molecule has 1 fully saturated rings. The van der Waals surface area contributed by atoms with E-state index in [0.29, 0.717) is 6.61 Å². The van der Waals surface area contributed by atoms with E-state index in [1.54, 1.807) is 0 Å². The molecule has 0 spiro atoms. The highest BCUT2D eigenvalue weighted by Gasteiger charge is 2.37. The number of ether oxygens (including phenoxy) is 2. The van der Waals surface area contributed by atoms with Crippen LogP contribution >= 0.6 is 0 Å². The summed E-state index contributed by atoms with van der Waals surface area (Å²) in [6, 6.07) is 0. The number of allylic oxidation sites excluding steroid dienone is 2. The molecule has 1 saturated heterocycles. The van der Waals surface area contributed by atoms with Crippen LogP contribution in [0, 0.1) is 0 Å². The Balaban J connectivity index is 1.81. The molecule has 28 heavy (non-hydrogen) atoms. The third-order valence-corrected chi connectivity index (χ3v) is 5.44. The molecule has 1 rings (SSSR count). The Kier molecular flexibility index (Phi) is 15.9. The molecule has 0 saturated carbocycles. The molecule has 0 unspecified atom stereocenters. The summed E-state index contributed by atoms with van der Waals surface area (Å²) >= 11 is 0. The number of hydrogen-bond acceptors (Lipinski definition) is 5. The van der Waals surface area contributed by atoms with Crippen LogP contribution in [0.3, 0.4) is 0 Å². The minimum atomic E-state index is -1.15. The molecular formula is C23H44O5. The van der Waals surface area contributed by atoms with Gasteiger partial charge in [-0.05, 0) is 32.1 Å². The molecule has 0 amide bonds. The molecule has 0 aromatic heterocycles. The third kappa shape index (κ3) is 12.2. The molecule has 1 aliphatic rings. The number of aliphatic hydroxyl groups is 3. The Morgan fingerprint density at radius 2 is 1.36 bits per heavy atom. The van der Waals surface area contributed by atoms with Gasteiger partial charge in [-0.2, -0.15) is 0 Å². The fourth-order valence-corrected chi connectivity index (χ4v) is 3.49. The highest BCUT2D eigenvalue weighted by molar-refractivity contribution is 4.86. The molecule has 0 bridgehead atoms. The Hall–Kier alpha value is -0.460. The molecule has 166 valence electrons. The smallest absolute Gasteiger partial charge is 0.111 e. The number of aliphatic hydroxyl groups excluding tert-OH is 3. The van der Waals surface area contributed by atoms with Gasteiger partial charge in [-0.15, -0.1) is 0 Å². The van der Waals surface area contributed by atoms with Gasteiger partial charge in [-0.25, -0.2) is 0 Å². The van der Waals surface area contributed by atoms with Crippen LogP contribution in [-0.2, 0) is 9.47 Å². The summed E-state index contributed by atoms with van der Waals surface area (Å²) in [4.78, 5) is 0. The minimum Gasteiger partial charge on any atom is -0.388 e. The van der Waals surface area contributed by atoms with Crippen LogP contribution < -0.4 is 0 Å². The largest absolute Gasteiger partial charge is 0.388 e. The molecular weight excluding hydrogens is 356 g/mol. The average molecular weight is 401 g/mol. The van der Waals surface area contributed by atoms with Gasteiger partial charge in [0, 0.05) is 6.61 Å². The third-order valence-electron chi connectivity index (χ3n) is 5.44. The van der Waals surface area contributed by atoms with Crippen molar-refractivity contribution in [3.63, 3.8) is 0 Å². The maximum Gasteiger partial charge on any atom is 0.111 e. The van der Waals surface area contributed by atoms with Crippen LogP contribution in [0.1, 0.15) is 90.4 Å². The molecule has 4 atom stereocenters. The summed E-state index contributed by atoms with van der Waals surface area (Å²) in [5.74, 6) is 0. The van der Waals surface area contributed by atoms with E-state index >= 15 is 0 Å². The molecule has 0 aromatic carbocycles. The Morgan fingerprint density at radius 1 is 0.786 bits per heavy atom. The van der Waals surface area contributed by atoms with Gasteiger partial charge >= 0.3 is 0 Å². The fourth-order valence-electron chi connectivity index (χ4n) is 3.49. The van der Waals surface area contributed by atoms with E-state index in [9.17, 15) is 15.3 Å². The molecule has 0 aromatic rings. The van der Waals surface area contributed by atoms with E-state index in [1.807, 2.05) is 0 Å². The van der Waals surface area contributed by atoms with E-state index in [2.05, 4.69) is 19.1 Å². The first-order valence-corrected chi connectivity index (χ1v) is 11.5. The van der Waals surface area contributed by atoms with Gasteiger partial charge in [0.15, 0.2) is 0 Å². The van der Waals surface area contributed by atoms with Crippen molar-refractivity contribution in [1.82, 2.24) is 0 Å². The van der Waals surface area contributed by atoms with Crippen LogP contribution in [0.2, 0.25) is 0 Å². The van der Waals surface area contributed by atoms with Gasteiger partial charge < -0.3 is 24.8 Å². The molecule has 0 aliphatic carbocycles. The first-order chi connectivity index (χ1) is 13.7. The summed E-state index contributed by atoms with van der Waals surface area (Å²) in [6.07, 6.45) is 17.4. The average Bonchev–Trinajstić information content (AvgIpc) is 2.70. The standard InChI is InChI=1S/C23H44O5/c1-2-3-4-5-6-7-8-9-10-11-12-13-14-15-16-17-27-19-21-23(26)22(25)20(24)18-28-21/h9-10,20-26H,2-8,11-19H2,1H3/b10-9+/t20-,21+,22+,23+/m1/s1. The second-order valence-electron chi connectivity index (χ2n) is 8.08. The number of unbranched alkanes of at least 4 members (excludes halogenated alkanes) is 11. The predicted octanol–water partition coefficient (Wildman–Crippen LogP) is 4.13. The van der Waals surface area contributed by atoms with Crippen LogP contribution in [0.5, 0.6) is 0 Å². The molecule has 1 aliphatic heterocycles. The summed E-state index contributed by atoms with van der Waals surface area (Å²) in [5, 5.41) is 28.8. The van der Waals surface area contributed by atoms with Crippen LogP contribution in [0.25, 0.3) is 0 Å². The van der Waals surface area contributed by atoms with Crippen molar-refractivity contribution >= 4 is 0 Å². The van der Waals surface area contributed by atoms with Crippen LogP contribution in [-0.4, -0.2) is 59.6 Å². The zero-order chi connectivity index (χ0) is 20.5. The van der Waals surface area contributed by atoms with E-state index in [4.69, 9.17) is 9.47 Å². The quantitative estimate of drug-likeness (QED) is 0.253. The van der Waals surface area contributed by atoms with Gasteiger partial charge in [0.25, 0.3) is 0 Å². The lowest BCUT2D eigenvalue weighted by molar-refractivity contribution is -0.199. The van der Waals surface area contributed by atoms with Gasteiger partial charge in [-0.3, -0.25) is 0 Å². The van der Waals surface area contributed by atoms with Gasteiger partial charge in [0.2, 0.25) is 0 Å². The lowest BCUT2D eigenvalue weighted by Gasteiger charge is -2.35. The van der Waals surface area contributed by atoms with Crippen molar-refractivity contribution in [1.29, 1.82) is 0 Å². The first kappa shape index (κ1) is 25.6. The van der Waals surface area contributed by atoms with Gasteiger partial charge in [0.05, 0.1) is 13.2 Å².